The Morgan fingerprint density at radius 1 is 0.509 bits per heavy atom. The Balaban J connectivity index is 1.37. The number of carbonyl (C=O) groups is 3. The topological polar surface area (TPSA) is 124 Å². The van der Waals surface area contributed by atoms with Gasteiger partial charge in [0.15, 0.2) is 23.7 Å². The summed E-state index contributed by atoms with van der Waals surface area (Å²) in [6.07, 6.45) is -4.05. The first-order chi connectivity index (χ1) is 25.8. The van der Waals surface area contributed by atoms with E-state index in [0.717, 1.165) is 11.8 Å². The number of carbonyl (C=O) groups excluding carboxylic acids is 3. The third-order valence-electron chi connectivity index (χ3n) is 8.18. The lowest BCUT2D eigenvalue weighted by molar-refractivity contribution is -0.110. The Morgan fingerprint density at radius 2 is 0.849 bits per heavy atom. The Morgan fingerprint density at radius 3 is 1.25 bits per heavy atom. The van der Waals surface area contributed by atoms with Gasteiger partial charge in [0.2, 0.25) is 0 Å². The van der Waals surface area contributed by atoms with Crippen LogP contribution in [0.3, 0.4) is 0 Å². The molecule has 6 rings (SSSR count). The highest BCUT2D eigenvalue weighted by Crippen LogP contribution is 2.56. The van der Waals surface area contributed by atoms with Gasteiger partial charge in [0.25, 0.3) is 0 Å². The van der Waals surface area contributed by atoms with E-state index >= 15 is 0 Å². The van der Waals surface area contributed by atoms with Crippen LogP contribution < -0.4 is 0 Å². The molecule has 1 aliphatic heterocycles. The van der Waals surface area contributed by atoms with E-state index in [0.29, 0.717) is 11.1 Å². The highest BCUT2D eigenvalue weighted by molar-refractivity contribution is 8.00. The summed E-state index contributed by atoms with van der Waals surface area (Å²) in [6, 6.07) is 42.9. The molecular weight excluding hydrogens is 715 g/mol. The van der Waals surface area contributed by atoms with Gasteiger partial charge in [-0.3, -0.25) is 13.6 Å². The molecule has 0 spiro atoms. The zero-order valence-electron chi connectivity index (χ0n) is 28.7. The summed E-state index contributed by atoms with van der Waals surface area (Å²) in [5.41, 5.74) is 0.792. The van der Waals surface area contributed by atoms with E-state index < -0.39 is 54.7 Å². The molecule has 5 aromatic rings. The summed E-state index contributed by atoms with van der Waals surface area (Å²) >= 11 is 1.07. The van der Waals surface area contributed by atoms with Crippen LogP contribution in [0, 0.1) is 0 Å². The third-order valence-corrected chi connectivity index (χ3v) is 11.0. The van der Waals surface area contributed by atoms with E-state index in [1.165, 1.54) is 0 Å². The number of esters is 3. The highest BCUT2D eigenvalue weighted by Gasteiger charge is 2.53. The van der Waals surface area contributed by atoms with Crippen LogP contribution in [0.25, 0.3) is 0 Å². The smallest absolute Gasteiger partial charge is 0.453 e. The third kappa shape index (κ3) is 10.3. The van der Waals surface area contributed by atoms with Gasteiger partial charge in [0.1, 0.15) is 0 Å². The molecule has 1 fully saturated rings. The van der Waals surface area contributed by atoms with Crippen molar-refractivity contribution in [3.05, 3.63) is 179 Å². The van der Waals surface area contributed by atoms with Gasteiger partial charge in [-0.1, -0.05) is 115 Å². The number of benzene rings is 5. The van der Waals surface area contributed by atoms with Crippen molar-refractivity contribution in [2.24, 2.45) is 0 Å². The van der Waals surface area contributed by atoms with Crippen LogP contribution in [-0.2, 0) is 45.6 Å². The number of phosphoric ester groups is 1. The van der Waals surface area contributed by atoms with E-state index in [1.807, 2.05) is 36.4 Å². The SMILES string of the molecule is C[C@@H]1S[C@@H](OP(=O)(OCc2ccccc2)OCc2ccccc2)[C@@H](OC(=O)c2ccccc2)[C@H](OC(=O)c2ccccc2)[C@@H]1OC(=O)c1ccccc1. The molecule has 0 unspecified atom stereocenters. The molecule has 5 atom stereocenters. The minimum absolute atomic E-state index is 0.127. The van der Waals surface area contributed by atoms with Gasteiger partial charge in [-0.15, -0.1) is 11.8 Å². The van der Waals surface area contributed by atoms with Gasteiger partial charge >= 0.3 is 25.7 Å². The maximum atomic E-state index is 14.6. The molecule has 1 heterocycles. The normalized spacial score (nSPS) is 19.8. The summed E-state index contributed by atoms with van der Waals surface area (Å²) < 4.78 is 50.9. The van der Waals surface area contributed by atoms with Gasteiger partial charge in [-0.05, 0) is 54.4 Å². The lowest BCUT2D eigenvalue weighted by atomic mass is 10.0. The molecule has 1 aliphatic rings. The zero-order valence-corrected chi connectivity index (χ0v) is 30.4. The molecule has 0 N–H and O–H groups in total. The van der Waals surface area contributed by atoms with Crippen molar-refractivity contribution in [2.45, 2.75) is 49.1 Å². The summed E-state index contributed by atoms with van der Waals surface area (Å²) in [4.78, 5) is 40.9. The number of ether oxygens (including phenoxy) is 3. The second-order valence-corrected chi connectivity index (χ2v) is 15.1. The minimum atomic E-state index is -4.47. The molecule has 0 bridgehead atoms. The molecule has 272 valence electrons. The summed E-state index contributed by atoms with van der Waals surface area (Å²) in [5.74, 6) is -2.23. The predicted octanol–water partition coefficient (Wildman–Crippen LogP) is 8.68. The minimum Gasteiger partial charge on any atom is -0.453 e. The molecule has 5 aromatic carbocycles. The zero-order chi connectivity index (χ0) is 37.0. The van der Waals surface area contributed by atoms with Crippen molar-refractivity contribution in [1.29, 1.82) is 0 Å². The fraction of sp³-hybridized carbons (Fsp3) is 0.195. The van der Waals surface area contributed by atoms with Crippen LogP contribution in [0.2, 0.25) is 0 Å². The lowest BCUT2D eigenvalue weighted by Gasteiger charge is -2.43. The average molecular weight is 753 g/mol. The molecule has 0 aliphatic carbocycles. The Bertz CT molecular complexity index is 1940. The fourth-order valence-corrected chi connectivity index (χ4v) is 8.31. The van der Waals surface area contributed by atoms with Crippen LogP contribution >= 0.6 is 19.6 Å². The van der Waals surface area contributed by atoms with Crippen molar-refractivity contribution in [1.82, 2.24) is 0 Å². The van der Waals surface area contributed by atoms with Gasteiger partial charge in [-0.2, -0.15) is 0 Å². The monoisotopic (exact) mass is 752 g/mol. The molecule has 0 saturated carbocycles. The lowest BCUT2D eigenvalue weighted by Crippen LogP contribution is -2.57. The van der Waals surface area contributed by atoms with E-state index in [-0.39, 0.29) is 29.9 Å². The maximum Gasteiger partial charge on any atom is 0.476 e. The average Bonchev–Trinajstić information content (AvgIpc) is 3.20. The molecule has 0 amide bonds. The number of hydrogen-bond donors (Lipinski definition) is 0. The number of thioether (sulfide) groups is 1. The van der Waals surface area contributed by atoms with Crippen molar-refractivity contribution in [3.63, 3.8) is 0 Å². The molecule has 12 heteroatoms. The van der Waals surface area contributed by atoms with E-state index in [4.69, 9.17) is 27.8 Å². The van der Waals surface area contributed by atoms with Crippen LogP contribution in [0.4, 0.5) is 0 Å². The highest BCUT2D eigenvalue weighted by atomic mass is 32.2. The first kappa shape index (κ1) is 37.7. The first-order valence-corrected chi connectivity index (χ1v) is 19.3. The Labute approximate surface area is 312 Å². The van der Waals surface area contributed by atoms with Crippen molar-refractivity contribution in [2.75, 3.05) is 0 Å². The molecule has 0 radical (unpaired) electrons. The molecule has 53 heavy (non-hydrogen) atoms. The van der Waals surface area contributed by atoms with Crippen LogP contribution in [0.1, 0.15) is 49.1 Å². The molecule has 1 saturated heterocycles. The standard InChI is InChI=1S/C41H37O10PS/c1-29-35(48-38(42)32-21-11-4-12-22-32)36(49-39(43)33-23-13-5-14-24-33)37(50-40(44)34-25-15-6-16-26-34)41(53-29)51-52(45,46-27-30-17-7-2-8-18-30)47-28-31-19-9-3-10-20-31/h2-26,29,35-37,41H,27-28H2,1H3/t29-,35+,36+,37-,41+/m0/s1. The number of rotatable bonds is 14. The van der Waals surface area contributed by atoms with Crippen molar-refractivity contribution in [3.8, 4) is 0 Å². The van der Waals surface area contributed by atoms with E-state index in [1.54, 1.807) is 122 Å². The van der Waals surface area contributed by atoms with Crippen LogP contribution in [-0.4, -0.2) is 46.9 Å². The maximum absolute atomic E-state index is 14.6. The predicted molar refractivity (Wildman–Crippen MR) is 199 cm³/mol. The number of phosphoric acid groups is 1. The molecular formula is C41H37O10PS. The summed E-state index contributed by atoms with van der Waals surface area (Å²) in [7, 11) is -4.47. The van der Waals surface area contributed by atoms with Crippen LogP contribution in [0.5, 0.6) is 0 Å². The van der Waals surface area contributed by atoms with Gasteiger partial charge in [-0.25, -0.2) is 18.9 Å². The molecule has 10 nitrogen and oxygen atoms in total. The second kappa shape index (κ2) is 18.1. The fourth-order valence-electron chi connectivity index (χ4n) is 5.46. The summed E-state index contributed by atoms with van der Waals surface area (Å²) in [5, 5.41) is -0.649. The van der Waals surface area contributed by atoms with Gasteiger partial charge in [0.05, 0.1) is 29.9 Å². The molecule has 0 aromatic heterocycles. The van der Waals surface area contributed by atoms with Crippen molar-refractivity contribution < 1.29 is 46.7 Å². The number of hydrogen-bond acceptors (Lipinski definition) is 11. The van der Waals surface area contributed by atoms with Gasteiger partial charge < -0.3 is 14.2 Å². The van der Waals surface area contributed by atoms with Gasteiger partial charge in [0, 0.05) is 5.25 Å². The van der Waals surface area contributed by atoms with E-state index in [2.05, 4.69) is 0 Å². The first-order valence-electron chi connectivity index (χ1n) is 16.9. The van der Waals surface area contributed by atoms with E-state index in [9.17, 15) is 18.9 Å². The summed E-state index contributed by atoms with van der Waals surface area (Å²) in [6.45, 7) is 1.49. The largest absolute Gasteiger partial charge is 0.476 e. The quantitative estimate of drug-likeness (QED) is 0.0615. The van der Waals surface area contributed by atoms with Crippen LogP contribution in [0.15, 0.2) is 152 Å². The second-order valence-electron chi connectivity index (χ2n) is 12.0. The Hall–Kier alpha value is -5.03. The Kier molecular flexibility index (Phi) is 12.9. The van der Waals surface area contributed by atoms with Crippen molar-refractivity contribution >= 4 is 37.5 Å².